The fourth-order valence-corrected chi connectivity index (χ4v) is 1.56. The van der Waals surface area contributed by atoms with Crippen LogP contribution < -0.4 is 0 Å². The van der Waals surface area contributed by atoms with E-state index in [0.717, 1.165) is 12.8 Å². The normalized spacial score (nSPS) is 39.1. The standard InChI is InChI=1S/C8H12O2/c1-6-2-3-7-8(4-6)10-5-9-7/h2,7-8H,3-5H2,1H3/t7-,8+/m1/s1. The summed E-state index contributed by atoms with van der Waals surface area (Å²) >= 11 is 0. The number of fused-ring (bicyclic) bond motifs is 1. The summed E-state index contributed by atoms with van der Waals surface area (Å²) < 4.78 is 10.7. The highest BCUT2D eigenvalue weighted by Crippen LogP contribution is 2.27. The molecule has 1 heterocycles. The van der Waals surface area contributed by atoms with Gasteiger partial charge < -0.3 is 9.47 Å². The quantitative estimate of drug-likeness (QED) is 0.474. The average Bonchev–Trinajstić information content (AvgIpc) is 2.33. The first-order chi connectivity index (χ1) is 4.86. The van der Waals surface area contributed by atoms with E-state index in [0.29, 0.717) is 19.0 Å². The molecule has 56 valence electrons. The molecule has 0 N–H and O–H groups in total. The van der Waals surface area contributed by atoms with Crippen molar-refractivity contribution in [1.29, 1.82) is 0 Å². The summed E-state index contributed by atoms with van der Waals surface area (Å²) in [6.07, 6.45) is 5.05. The molecule has 0 spiro atoms. The van der Waals surface area contributed by atoms with Crippen LogP contribution >= 0.6 is 0 Å². The van der Waals surface area contributed by atoms with Gasteiger partial charge in [0.1, 0.15) is 6.79 Å². The molecule has 0 unspecified atom stereocenters. The van der Waals surface area contributed by atoms with E-state index < -0.39 is 0 Å². The van der Waals surface area contributed by atoms with Gasteiger partial charge >= 0.3 is 0 Å². The van der Waals surface area contributed by atoms with Crippen LogP contribution in [0.5, 0.6) is 0 Å². The van der Waals surface area contributed by atoms with Gasteiger partial charge in [-0.3, -0.25) is 0 Å². The Kier molecular flexibility index (Phi) is 1.51. The Bertz CT molecular complexity index is 163. The number of rotatable bonds is 0. The molecule has 1 saturated heterocycles. The van der Waals surface area contributed by atoms with Gasteiger partial charge in [0.25, 0.3) is 0 Å². The lowest BCUT2D eigenvalue weighted by Crippen LogP contribution is -2.25. The van der Waals surface area contributed by atoms with Crippen molar-refractivity contribution in [2.45, 2.75) is 32.0 Å². The van der Waals surface area contributed by atoms with Crippen LogP contribution in [0, 0.1) is 0 Å². The van der Waals surface area contributed by atoms with Crippen molar-refractivity contribution in [1.82, 2.24) is 0 Å². The maximum Gasteiger partial charge on any atom is 0.147 e. The summed E-state index contributed by atoms with van der Waals surface area (Å²) in [6.45, 7) is 2.65. The van der Waals surface area contributed by atoms with Crippen LogP contribution in [-0.4, -0.2) is 19.0 Å². The van der Waals surface area contributed by atoms with Gasteiger partial charge in [-0.25, -0.2) is 0 Å². The smallest absolute Gasteiger partial charge is 0.147 e. The predicted octanol–water partition coefficient (Wildman–Crippen LogP) is 1.47. The Labute approximate surface area is 60.8 Å². The number of ether oxygens (including phenoxy) is 2. The zero-order chi connectivity index (χ0) is 6.97. The molecule has 2 aliphatic rings. The number of hydrogen-bond donors (Lipinski definition) is 0. The lowest BCUT2D eigenvalue weighted by atomic mass is 9.96. The second-order valence-corrected chi connectivity index (χ2v) is 3.02. The van der Waals surface area contributed by atoms with Gasteiger partial charge in [0.2, 0.25) is 0 Å². The molecule has 0 aromatic carbocycles. The molecule has 2 nitrogen and oxygen atoms in total. The molecule has 1 aliphatic heterocycles. The predicted molar refractivity (Wildman–Crippen MR) is 37.6 cm³/mol. The summed E-state index contributed by atoms with van der Waals surface area (Å²) in [5.74, 6) is 0. The van der Waals surface area contributed by atoms with Crippen molar-refractivity contribution in [3.8, 4) is 0 Å². The van der Waals surface area contributed by atoms with E-state index in [1.165, 1.54) is 5.57 Å². The van der Waals surface area contributed by atoms with E-state index in [9.17, 15) is 0 Å². The molecular weight excluding hydrogens is 128 g/mol. The fraction of sp³-hybridized carbons (Fsp3) is 0.750. The maximum absolute atomic E-state index is 5.36. The Morgan fingerprint density at radius 3 is 3.10 bits per heavy atom. The highest BCUT2D eigenvalue weighted by atomic mass is 16.7. The van der Waals surface area contributed by atoms with E-state index in [4.69, 9.17) is 9.47 Å². The van der Waals surface area contributed by atoms with Gasteiger partial charge in [0.15, 0.2) is 0 Å². The van der Waals surface area contributed by atoms with Crippen molar-refractivity contribution in [3.05, 3.63) is 11.6 Å². The van der Waals surface area contributed by atoms with E-state index in [1.807, 2.05) is 0 Å². The summed E-state index contributed by atoms with van der Waals surface area (Å²) in [5.41, 5.74) is 1.44. The van der Waals surface area contributed by atoms with Gasteiger partial charge in [0.05, 0.1) is 12.2 Å². The molecule has 0 aromatic rings. The van der Waals surface area contributed by atoms with E-state index in [-0.39, 0.29) is 0 Å². The van der Waals surface area contributed by atoms with Crippen LogP contribution in [0.2, 0.25) is 0 Å². The van der Waals surface area contributed by atoms with Gasteiger partial charge in [-0.05, 0) is 19.8 Å². The second kappa shape index (κ2) is 2.36. The molecule has 2 rings (SSSR count). The van der Waals surface area contributed by atoms with Gasteiger partial charge in [-0.1, -0.05) is 11.6 Å². The fourth-order valence-electron chi connectivity index (χ4n) is 1.56. The van der Waals surface area contributed by atoms with Crippen LogP contribution in [0.15, 0.2) is 11.6 Å². The molecule has 2 heteroatoms. The average molecular weight is 140 g/mol. The van der Waals surface area contributed by atoms with Gasteiger partial charge in [-0.15, -0.1) is 0 Å². The highest BCUT2D eigenvalue weighted by molar-refractivity contribution is 5.07. The minimum Gasteiger partial charge on any atom is -0.349 e. The molecule has 0 bridgehead atoms. The zero-order valence-corrected chi connectivity index (χ0v) is 6.17. The minimum atomic E-state index is 0.351. The van der Waals surface area contributed by atoms with E-state index in [1.54, 1.807) is 0 Å². The highest BCUT2D eigenvalue weighted by Gasteiger charge is 2.30. The molecule has 0 aromatic heterocycles. The van der Waals surface area contributed by atoms with Gasteiger partial charge in [-0.2, -0.15) is 0 Å². The second-order valence-electron chi connectivity index (χ2n) is 3.02. The largest absolute Gasteiger partial charge is 0.349 e. The van der Waals surface area contributed by atoms with Crippen LogP contribution in [-0.2, 0) is 9.47 Å². The van der Waals surface area contributed by atoms with Crippen molar-refractivity contribution in [2.75, 3.05) is 6.79 Å². The first kappa shape index (κ1) is 6.38. The Morgan fingerprint density at radius 2 is 2.20 bits per heavy atom. The summed E-state index contributed by atoms with van der Waals surface area (Å²) in [4.78, 5) is 0. The summed E-state index contributed by atoms with van der Waals surface area (Å²) in [6, 6.07) is 0. The van der Waals surface area contributed by atoms with Crippen molar-refractivity contribution in [2.24, 2.45) is 0 Å². The zero-order valence-electron chi connectivity index (χ0n) is 6.17. The van der Waals surface area contributed by atoms with Crippen molar-refractivity contribution >= 4 is 0 Å². The first-order valence-corrected chi connectivity index (χ1v) is 3.75. The minimum absolute atomic E-state index is 0.351. The maximum atomic E-state index is 5.36. The Hall–Kier alpha value is -0.340. The van der Waals surface area contributed by atoms with E-state index in [2.05, 4.69) is 13.0 Å². The van der Waals surface area contributed by atoms with Crippen LogP contribution in [0.25, 0.3) is 0 Å². The molecule has 2 atom stereocenters. The van der Waals surface area contributed by atoms with Crippen LogP contribution in [0.4, 0.5) is 0 Å². The van der Waals surface area contributed by atoms with E-state index >= 15 is 0 Å². The Morgan fingerprint density at radius 1 is 1.40 bits per heavy atom. The van der Waals surface area contributed by atoms with Crippen LogP contribution in [0.1, 0.15) is 19.8 Å². The first-order valence-electron chi connectivity index (χ1n) is 3.75. The van der Waals surface area contributed by atoms with Gasteiger partial charge in [0, 0.05) is 0 Å². The molecule has 1 fully saturated rings. The summed E-state index contributed by atoms with van der Waals surface area (Å²) in [7, 11) is 0. The SMILES string of the molecule is CC1=CC[C@H]2OCO[C@H]2C1. The Balaban J connectivity index is 2.08. The van der Waals surface area contributed by atoms with Crippen molar-refractivity contribution in [3.63, 3.8) is 0 Å². The molecule has 0 saturated carbocycles. The lowest BCUT2D eigenvalue weighted by molar-refractivity contribution is 0.0401. The third kappa shape index (κ3) is 0.976. The molecule has 10 heavy (non-hydrogen) atoms. The number of hydrogen-bond acceptors (Lipinski definition) is 2. The van der Waals surface area contributed by atoms with Crippen LogP contribution in [0.3, 0.4) is 0 Å². The summed E-state index contributed by atoms with van der Waals surface area (Å²) in [5, 5.41) is 0. The third-order valence-electron chi connectivity index (χ3n) is 2.20. The van der Waals surface area contributed by atoms with Crippen molar-refractivity contribution < 1.29 is 9.47 Å². The third-order valence-corrected chi connectivity index (χ3v) is 2.20. The molecular formula is C8H12O2. The molecule has 0 amide bonds. The monoisotopic (exact) mass is 140 g/mol. The topological polar surface area (TPSA) is 18.5 Å². The lowest BCUT2D eigenvalue weighted by Gasteiger charge is -2.20. The molecule has 1 aliphatic carbocycles. The molecule has 0 radical (unpaired) electrons.